The van der Waals surface area contributed by atoms with Crippen molar-refractivity contribution in [3.63, 3.8) is 0 Å². The van der Waals surface area contributed by atoms with Gasteiger partial charge in [-0.1, -0.05) is 11.3 Å². The van der Waals surface area contributed by atoms with Crippen LogP contribution in [0.3, 0.4) is 0 Å². The molecule has 0 aliphatic carbocycles. The molecular formula is C10H16N2O3S. The SMILES string of the molecule is Cc1c(C(=O)NC(C)(C)CO)sc(=O)n1C. The largest absolute Gasteiger partial charge is 0.394 e. The molecule has 2 N–H and O–H groups in total. The van der Waals surface area contributed by atoms with Crippen molar-refractivity contribution in [1.82, 2.24) is 9.88 Å². The zero-order valence-electron chi connectivity index (χ0n) is 9.83. The van der Waals surface area contributed by atoms with E-state index in [0.717, 1.165) is 11.3 Å². The van der Waals surface area contributed by atoms with E-state index in [1.54, 1.807) is 27.8 Å². The van der Waals surface area contributed by atoms with Gasteiger partial charge in [-0.05, 0) is 20.8 Å². The molecule has 1 rings (SSSR count). The fourth-order valence-electron chi connectivity index (χ4n) is 1.13. The molecule has 0 fully saturated rings. The standard InChI is InChI=1S/C10H16N2O3S/c1-6-7(16-9(15)12(6)4)8(14)11-10(2,3)5-13/h13H,5H2,1-4H3,(H,11,14). The summed E-state index contributed by atoms with van der Waals surface area (Å²) in [5.74, 6) is -0.320. The molecule has 16 heavy (non-hydrogen) atoms. The summed E-state index contributed by atoms with van der Waals surface area (Å²) >= 11 is 0.914. The minimum Gasteiger partial charge on any atom is -0.394 e. The summed E-state index contributed by atoms with van der Waals surface area (Å²) in [5.41, 5.74) is -0.0453. The number of rotatable bonds is 3. The first kappa shape index (κ1) is 12.9. The number of hydrogen-bond acceptors (Lipinski definition) is 4. The van der Waals surface area contributed by atoms with Crippen LogP contribution in [0.2, 0.25) is 0 Å². The maximum absolute atomic E-state index is 11.8. The first-order valence-corrected chi connectivity index (χ1v) is 5.70. The number of carbonyl (C=O) groups is 1. The van der Waals surface area contributed by atoms with Crippen LogP contribution in [-0.4, -0.2) is 27.7 Å². The predicted octanol–water partition coefficient (Wildman–Crippen LogP) is 0.256. The highest BCUT2D eigenvalue weighted by atomic mass is 32.1. The monoisotopic (exact) mass is 244 g/mol. The Morgan fingerprint density at radius 3 is 2.50 bits per heavy atom. The van der Waals surface area contributed by atoms with Crippen LogP contribution in [0.5, 0.6) is 0 Å². The van der Waals surface area contributed by atoms with Crippen LogP contribution in [0, 0.1) is 6.92 Å². The molecule has 1 aromatic rings. The molecule has 6 heteroatoms. The van der Waals surface area contributed by atoms with Gasteiger partial charge in [0.15, 0.2) is 0 Å². The molecule has 0 saturated carbocycles. The highest BCUT2D eigenvalue weighted by molar-refractivity contribution is 7.11. The minimum absolute atomic E-state index is 0.153. The van der Waals surface area contributed by atoms with Gasteiger partial charge in [0, 0.05) is 12.7 Å². The maximum atomic E-state index is 11.8. The van der Waals surface area contributed by atoms with Gasteiger partial charge in [-0.25, -0.2) is 0 Å². The van der Waals surface area contributed by atoms with Crippen LogP contribution < -0.4 is 10.2 Å². The number of amides is 1. The van der Waals surface area contributed by atoms with Gasteiger partial charge in [-0.15, -0.1) is 0 Å². The average molecular weight is 244 g/mol. The Morgan fingerprint density at radius 1 is 1.56 bits per heavy atom. The van der Waals surface area contributed by atoms with Crippen molar-refractivity contribution < 1.29 is 9.90 Å². The number of hydrogen-bond donors (Lipinski definition) is 2. The summed E-state index contributed by atoms with van der Waals surface area (Å²) in [6.45, 7) is 5.00. The number of aromatic nitrogens is 1. The second kappa shape index (κ2) is 4.39. The van der Waals surface area contributed by atoms with Gasteiger partial charge < -0.3 is 15.0 Å². The third-order valence-electron chi connectivity index (χ3n) is 2.35. The number of carbonyl (C=O) groups excluding carboxylic acids is 1. The lowest BCUT2D eigenvalue weighted by Crippen LogP contribution is -2.46. The van der Waals surface area contributed by atoms with Crippen LogP contribution in [0.15, 0.2) is 4.79 Å². The Kier molecular flexibility index (Phi) is 3.54. The first-order valence-electron chi connectivity index (χ1n) is 4.88. The Morgan fingerprint density at radius 2 is 2.12 bits per heavy atom. The summed E-state index contributed by atoms with van der Waals surface area (Å²) in [5, 5.41) is 11.7. The summed E-state index contributed by atoms with van der Waals surface area (Å²) in [6.07, 6.45) is 0. The van der Waals surface area contributed by atoms with Crippen LogP contribution in [0.25, 0.3) is 0 Å². The number of thiazole rings is 1. The second-order valence-corrected chi connectivity index (χ2v) is 5.30. The van der Waals surface area contributed by atoms with Crippen molar-refractivity contribution in [3.05, 3.63) is 20.2 Å². The van der Waals surface area contributed by atoms with Gasteiger partial charge in [0.1, 0.15) is 4.88 Å². The van der Waals surface area contributed by atoms with Gasteiger partial charge >= 0.3 is 4.87 Å². The molecule has 0 aliphatic heterocycles. The summed E-state index contributed by atoms with van der Waals surface area (Å²) in [4.78, 5) is 23.4. The predicted molar refractivity (Wildman–Crippen MR) is 62.9 cm³/mol. The molecule has 1 amide bonds. The molecule has 0 bridgehead atoms. The molecule has 90 valence electrons. The second-order valence-electron chi connectivity index (χ2n) is 4.34. The van der Waals surface area contributed by atoms with E-state index < -0.39 is 5.54 Å². The maximum Gasteiger partial charge on any atom is 0.307 e. The van der Waals surface area contributed by atoms with Crippen LogP contribution in [-0.2, 0) is 7.05 Å². The van der Waals surface area contributed by atoms with Crippen LogP contribution in [0.4, 0.5) is 0 Å². The molecule has 5 nitrogen and oxygen atoms in total. The molecule has 0 spiro atoms. The normalized spacial score (nSPS) is 11.6. The van der Waals surface area contributed by atoms with E-state index in [2.05, 4.69) is 5.32 Å². The van der Waals surface area contributed by atoms with Crippen molar-refractivity contribution in [2.24, 2.45) is 7.05 Å². The van der Waals surface area contributed by atoms with Crippen molar-refractivity contribution in [1.29, 1.82) is 0 Å². The van der Waals surface area contributed by atoms with Gasteiger partial charge in [0.25, 0.3) is 5.91 Å². The number of aliphatic hydroxyl groups excluding tert-OH is 1. The first-order chi connectivity index (χ1) is 7.28. The molecule has 0 unspecified atom stereocenters. The van der Waals surface area contributed by atoms with Gasteiger partial charge in [0.05, 0.1) is 12.1 Å². The minimum atomic E-state index is -0.685. The van der Waals surface area contributed by atoms with E-state index in [-0.39, 0.29) is 17.4 Å². The van der Waals surface area contributed by atoms with Crippen LogP contribution >= 0.6 is 11.3 Å². The van der Waals surface area contributed by atoms with Crippen molar-refractivity contribution in [2.45, 2.75) is 26.3 Å². The molecule has 0 aromatic carbocycles. The van der Waals surface area contributed by atoms with Gasteiger partial charge in [-0.3, -0.25) is 9.59 Å². The summed E-state index contributed by atoms with van der Waals surface area (Å²) in [6, 6.07) is 0. The van der Waals surface area contributed by atoms with E-state index in [4.69, 9.17) is 5.11 Å². The summed E-state index contributed by atoms with van der Waals surface area (Å²) < 4.78 is 1.44. The number of nitrogens with zero attached hydrogens (tertiary/aromatic N) is 1. The molecule has 0 aliphatic rings. The van der Waals surface area contributed by atoms with Gasteiger partial charge in [-0.2, -0.15) is 0 Å². The Balaban J connectivity index is 2.98. The van der Waals surface area contributed by atoms with E-state index >= 15 is 0 Å². The molecule has 1 aromatic heterocycles. The lowest BCUT2D eigenvalue weighted by Gasteiger charge is -2.23. The fraction of sp³-hybridized carbons (Fsp3) is 0.600. The van der Waals surface area contributed by atoms with E-state index in [0.29, 0.717) is 10.6 Å². The van der Waals surface area contributed by atoms with E-state index in [9.17, 15) is 9.59 Å². The van der Waals surface area contributed by atoms with E-state index in [1.165, 1.54) is 4.57 Å². The lowest BCUT2D eigenvalue weighted by atomic mass is 10.1. The Bertz CT molecular complexity index is 459. The molecule has 1 heterocycles. The Hall–Kier alpha value is -1.14. The highest BCUT2D eigenvalue weighted by Gasteiger charge is 2.23. The average Bonchev–Trinajstić information content (AvgIpc) is 2.45. The molecule has 0 atom stereocenters. The smallest absolute Gasteiger partial charge is 0.307 e. The van der Waals surface area contributed by atoms with Gasteiger partial charge in [0.2, 0.25) is 0 Å². The number of nitrogens with one attached hydrogen (secondary N) is 1. The molecular weight excluding hydrogens is 228 g/mol. The number of aliphatic hydroxyl groups is 1. The Labute approximate surface area is 97.7 Å². The van der Waals surface area contributed by atoms with E-state index in [1.807, 2.05) is 0 Å². The summed E-state index contributed by atoms with van der Waals surface area (Å²) in [7, 11) is 1.63. The fourth-order valence-corrected chi connectivity index (χ4v) is 2.01. The van der Waals surface area contributed by atoms with Crippen LogP contribution in [0.1, 0.15) is 29.2 Å². The van der Waals surface area contributed by atoms with Crippen molar-refractivity contribution in [2.75, 3.05) is 6.61 Å². The van der Waals surface area contributed by atoms with Crippen molar-refractivity contribution >= 4 is 17.2 Å². The lowest BCUT2D eigenvalue weighted by molar-refractivity contribution is 0.0872. The van der Waals surface area contributed by atoms with Crippen molar-refractivity contribution in [3.8, 4) is 0 Å². The zero-order chi connectivity index (χ0) is 12.5. The molecule has 0 saturated heterocycles. The third kappa shape index (κ3) is 2.51. The topological polar surface area (TPSA) is 71.3 Å². The molecule has 0 radical (unpaired) electrons. The zero-order valence-corrected chi connectivity index (χ0v) is 10.6. The quantitative estimate of drug-likeness (QED) is 0.801. The highest BCUT2D eigenvalue weighted by Crippen LogP contribution is 2.12. The third-order valence-corrected chi connectivity index (χ3v) is 3.48.